The van der Waals surface area contributed by atoms with E-state index < -0.39 is 13.0 Å². The summed E-state index contributed by atoms with van der Waals surface area (Å²) >= 11 is 6.74. The fourth-order valence-corrected chi connectivity index (χ4v) is 5.12. The van der Waals surface area contributed by atoms with Crippen LogP contribution in [-0.4, -0.2) is 28.3 Å². The predicted molar refractivity (Wildman–Crippen MR) is 137 cm³/mol. The highest BCUT2D eigenvalue weighted by atomic mass is 35.5. The Morgan fingerprint density at radius 3 is 2.47 bits per heavy atom. The van der Waals surface area contributed by atoms with Gasteiger partial charge in [0.25, 0.3) is 0 Å². The molecule has 174 valence electrons. The van der Waals surface area contributed by atoms with E-state index in [1.165, 1.54) is 17.8 Å². The number of hydrogen-bond acceptors (Lipinski definition) is 5. The minimum Gasteiger partial charge on any atom is -0.375 e. The molecule has 0 bridgehead atoms. The van der Waals surface area contributed by atoms with Gasteiger partial charge in [0.2, 0.25) is 0 Å². The van der Waals surface area contributed by atoms with Gasteiger partial charge >= 0.3 is 0 Å². The van der Waals surface area contributed by atoms with Crippen LogP contribution in [0.3, 0.4) is 0 Å². The Balaban J connectivity index is 1.63. The van der Waals surface area contributed by atoms with Crippen LogP contribution in [0.25, 0.3) is 22.3 Å². The highest BCUT2D eigenvalue weighted by Gasteiger charge is 2.33. The molecule has 0 radical (unpaired) electrons. The highest BCUT2D eigenvalue weighted by Crippen LogP contribution is 2.45. The van der Waals surface area contributed by atoms with Gasteiger partial charge in [0.05, 0.1) is 33.4 Å². The third-order valence-electron chi connectivity index (χ3n) is 6.14. The lowest BCUT2D eigenvalue weighted by atomic mass is 10.0. The Morgan fingerprint density at radius 2 is 1.85 bits per heavy atom. The molecule has 1 N–H and O–H groups in total. The van der Waals surface area contributed by atoms with E-state index in [0.29, 0.717) is 44.4 Å². The zero-order valence-corrected chi connectivity index (χ0v) is 20.9. The number of halogens is 2. The molecule has 8 heteroatoms. The van der Waals surface area contributed by atoms with Gasteiger partial charge < -0.3 is 9.88 Å². The van der Waals surface area contributed by atoms with Crippen molar-refractivity contribution in [3.05, 3.63) is 76.8 Å². The second kappa shape index (κ2) is 8.75. The van der Waals surface area contributed by atoms with Gasteiger partial charge in [-0.2, -0.15) is 0 Å². The molecule has 0 aliphatic heterocycles. The summed E-state index contributed by atoms with van der Waals surface area (Å²) in [6, 6.07) is 15.1. The first kappa shape index (κ1) is 22.9. The van der Waals surface area contributed by atoms with Gasteiger partial charge in [0, 0.05) is 17.8 Å². The first-order chi connectivity index (χ1) is 16.2. The number of pyridine rings is 3. The first-order valence-corrected chi connectivity index (χ1v) is 14.2. The SMILES string of the molecule is Cc1nc2cc(F)c(-c3ccc(P(C)(C)=O)nc3)nc2c(NC(c2ccccc2)C2CC2)c1Cl. The van der Waals surface area contributed by atoms with Crippen LogP contribution < -0.4 is 10.8 Å². The number of nitrogens with zero attached hydrogens (tertiary/aromatic N) is 3. The van der Waals surface area contributed by atoms with Crippen molar-refractivity contribution in [2.24, 2.45) is 5.92 Å². The quantitative estimate of drug-likeness (QED) is 0.306. The molecule has 0 amide bonds. The molecule has 1 saturated carbocycles. The highest BCUT2D eigenvalue weighted by molar-refractivity contribution is 7.69. The van der Waals surface area contributed by atoms with Gasteiger partial charge in [0.15, 0.2) is 5.82 Å². The Morgan fingerprint density at radius 1 is 1.12 bits per heavy atom. The van der Waals surface area contributed by atoms with E-state index >= 15 is 4.39 Å². The summed E-state index contributed by atoms with van der Waals surface area (Å²) in [7, 11) is -2.51. The zero-order valence-electron chi connectivity index (χ0n) is 19.2. The Hall–Kier alpha value is -2.82. The molecule has 34 heavy (non-hydrogen) atoms. The largest absolute Gasteiger partial charge is 0.375 e. The van der Waals surface area contributed by atoms with Crippen LogP contribution in [0.15, 0.2) is 54.7 Å². The van der Waals surface area contributed by atoms with E-state index in [0.717, 1.165) is 12.8 Å². The lowest BCUT2D eigenvalue weighted by molar-refractivity contribution is 0.588. The molecule has 3 aromatic heterocycles. The topological polar surface area (TPSA) is 67.8 Å². The van der Waals surface area contributed by atoms with Gasteiger partial charge in [-0.1, -0.05) is 41.9 Å². The molecule has 0 saturated heterocycles. The van der Waals surface area contributed by atoms with E-state index in [2.05, 4.69) is 32.4 Å². The number of aromatic nitrogens is 3. The summed E-state index contributed by atoms with van der Waals surface area (Å²) in [6.45, 7) is 5.12. The summed E-state index contributed by atoms with van der Waals surface area (Å²) in [4.78, 5) is 13.5. The van der Waals surface area contributed by atoms with Crippen molar-refractivity contribution in [1.82, 2.24) is 15.0 Å². The minimum atomic E-state index is -2.51. The third-order valence-corrected chi connectivity index (χ3v) is 7.97. The van der Waals surface area contributed by atoms with Crippen LogP contribution in [0, 0.1) is 18.7 Å². The Kier molecular flexibility index (Phi) is 5.91. The molecule has 1 fully saturated rings. The number of nitrogens with one attached hydrogen (secondary N) is 1. The van der Waals surface area contributed by atoms with E-state index in [-0.39, 0.29) is 11.7 Å². The Bertz CT molecular complexity index is 1420. The fourth-order valence-electron chi connectivity index (χ4n) is 4.16. The number of benzene rings is 1. The van der Waals surface area contributed by atoms with Gasteiger partial charge in [0.1, 0.15) is 18.4 Å². The molecule has 1 unspecified atom stereocenters. The summed E-state index contributed by atoms with van der Waals surface area (Å²) in [5.41, 5.74) is 4.54. The number of hydrogen-bond donors (Lipinski definition) is 1. The minimum absolute atomic E-state index is 0.0724. The molecule has 4 aromatic rings. The van der Waals surface area contributed by atoms with Crippen molar-refractivity contribution in [3.63, 3.8) is 0 Å². The molecule has 5 rings (SSSR count). The van der Waals surface area contributed by atoms with E-state index in [1.807, 2.05) is 25.1 Å². The monoisotopic (exact) mass is 494 g/mol. The molecule has 0 spiro atoms. The summed E-state index contributed by atoms with van der Waals surface area (Å²) in [6.07, 6.45) is 3.78. The first-order valence-electron chi connectivity index (χ1n) is 11.2. The summed E-state index contributed by atoms with van der Waals surface area (Å²) in [5.74, 6) is -0.00219. The normalized spacial score (nSPS) is 14.9. The summed E-state index contributed by atoms with van der Waals surface area (Å²) < 4.78 is 27.4. The molecule has 3 heterocycles. The fraction of sp³-hybridized carbons (Fsp3) is 0.269. The average molecular weight is 495 g/mol. The lowest BCUT2D eigenvalue weighted by Crippen LogP contribution is -2.14. The van der Waals surface area contributed by atoms with E-state index in [1.54, 1.807) is 25.5 Å². The van der Waals surface area contributed by atoms with Crippen molar-refractivity contribution in [3.8, 4) is 11.3 Å². The molecule has 1 aromatic carbocycles. The maximum atomic E-state index is 15.1. The molecular formula is C26H25ClFN4OP. The lowest BCUT2D eigenvalue weighted by Gasteiger charge is -2.22. The third kappa shape index (κ3) is 4.45. The van der Waals surface area contributed by atoms with Crippen LogP contribution in [0.2, 0.25) is 5.02 Å². The van der Waals surface area contributed by atoms with Gasteiger partial charge in [-0.05, 0) is 56.7 Å². The maximum Gasteiger partial charge on any atom is 0.151 e. The predicted octanol–water partition coefficient (Wildman–Crippen LogP) is 6.60. The van der Waals surface area contributed by atoms with Crippen LogP contribution >= 0.6 is 18.7 Å². The van der Waals surface area contributed by atoms with Gasteiger partial charge in [-0.3, -0.25) is 4.98 Å². The number of rotatable bonds is 6. The number of aryl methyl sites for hydroxylation is 1. The average Bonchev–Trinajstić information content (AvgIpc) is 3.65. The standard InChI is InChI=1S/C26H25ClFN4OP/c1-15-22(27)26(31-23(17-9-10-17)16-7-5-4-6-8-16)25-20(30-15)13-19(28)24(32-25)18-11-12-21(29-14-18)34(2,3)33/h4-8,11-14,17,23H,9-10H2,1-3H3,(H,30,31). The molecule has 1 aliphatic rings. The van der Waals surface area contributed by atoms with Gasteiger partial charge in [-0.15, -0.1) is 0 Å². The molecule has 1 aliphatic carbocycles. The zero-order chi connectivity index (χ0) is 24.0. The van der Waals surface area contributed by atoms with Crippen molar-refractivity contribution in [1.29, 1.82) is 0 Å². The maximum absolute atomic E-state index is 15.1. The van der Waals surface area contributed by atoms with Crippen LogP contribution in [0.1, 0.15) is 30.1 Å². The van der Waals surface area contributed by atoms with Crippen molar-refractivity contribution in [2.75, 3.05) is 18.6 Å². The van der Waals surface area contributed by atoms with Crippen molar-refractivity contribution in [2.45, 2.75) is 25.8 Å². The van der Waals surface area contributed by atoms with Crippen molar-refractivity contribution >= 4 is 40.9 Å². The summed E-state index contributed by atoms with van der Waals surface area (Å²) in [5, 5.41) is 4.10. The molecule has 1 atom stereocenters. The Labute approximate surface area is 203 Å². The second-order valence-electron chi connectivity index (χ2n) is 9.20. The number of anilines is 1. The number of fused-ring (bicyclic) bond motifs is 1. The molecule has 5 nitrogen and oxygen atoms in total. The van der Waals surface area contributed by atoms with E-state index in [4.69, 9.17) is 11.6 Å². The van der Waals surface area contributed by atoms with Crippen molar-refractivity contribution < 1.29 is 8.96 Å². The van der Waals surface area contributed by atoms with Crippen LogP contribution in [-0.2, 0) is 4.57 Å². The molecular weight excluding hydrogens is 470 g/mol. The van der Waals surface area contributed by atoms with Gasteiger partial charge in [-0.25, -0.2) is 14.4 Å². The second-order valence-corrected chi connectivity index (χ2v) is 12.7. The van der Waals surface area contributed by atoms with Crippen LogP contribution in [0.4, 0.5) is 10.1 Å². The van der Waals surface area contributed by atoms with Crippen LogP contribution in [0.5, 0.6) is 0 Å². The van der Waals surface area contributed by atoms with E-state index in [9.17, 15) is 4.57 Å². The smallest absolute Gasteiger partial charge is 0.151 e.